The molecule has 1 fully saturated rings. The third kappa shape index (κ3) is 1.69. The van der Waals surface area contributed by atoms with Crippen LogP contribution in [0, 0.1) is 0 Å². The molecule has 5 heteroatoms. The number of carbonyl (C=O) groups is 1. The molecule has 1 aromatic carbocycles. The van der Waals surface area contributed by atoms with Gasteiger partial charge in [-0.15, -0.1) is 11.8 Å². The molecule has 0 radical (unpaired) electrons. The predicted molar refractivity (Wildman–Crippen MR) is 70.2 cm³/mol. The Bertz CT molecular complexity index is 485. The summed E-state index contributed by atoms with van der Waals surface area (Å²) < 4.78 is 10.1. The van der Waals surface area contributed by atoms with Crippen molar-refractivity contribution in [2.45, 2.75) is 10.3 Å². The topological polar surface area (TPSA) is 47.6 Å². The van der Waals surface area contributed by atoms with Gasteiger partial charge in [0.2, 0.25) is 0 Å². The highest BCUT2D eigenvalue weighted by molar-refractivity contribution is 7.99. The highest BCUT2D eigenvalue weighted by atomic mass is 32.2. The first kappa shape index (κ1) is 11.9. The number of hydrogen-bond donors (Lipinski definition) is 1. The molecule has 0 aromatic heterocycles. The van der Waals surface area contributed by atoms with Crippen LogP contribution in [0.1, 0.15) is 5.56 Å². The van der Waals surface area contributed by atoms with Crippen LogP contribution in [0.15, 0.2) is 23.1 Å². The second kappa shape index (κ2) is 4.48. The minimum absolute atomic E-state index is 0.211. The van der Waals surface area contributed by atoms with Crippen LogP contribution in [-0.4, -0.2) is 38.6 Å². The third-order valence-electron chi connectivity index (χ3n) is 3.48. The summed E-state index contributed by atoms with van der Waals surface area (Å²) in [7, 11) is 1.43. The van der Waals surface area contributed by atoms with E-state index in [9.17, 15) is 4.79 Å². The molecule has 0 saturated carbocycles. The summed E-state index contributed by atoms with van der Waals surface area (Å²) in [6.07, 6.45) is 0. The number of ether oxygens (including phenoxy) is 2. The standard InChI is InChI=1S/C13H15NO3S/c1-16-12(15)13(7-17-8-13)9-2-3-11-10(6-9)14-4-5-18-11/h2-3,6,14H,4-5,7-8H2,1H3. The molecule has 0 amide bonds. The van der Waals surface area contributed by atoms with Gasteiger partial charge in [0.1, 0.15) is 5.41 Å². The lowest BCUT2D eigenvalue weighted by molar-refractivity contribution is -0.166. The van der Waals surface area contributed by atoms with Gasteiger partial charge in [-0.05, 0) is 17.7 Å². The van der Waals surface area contributed by atoms with Gasteiger partial charge in [-0.1, -0.05) is 6.07 Å². The fourth-order valence-corrected chi connectivity index (χ4v) is 3.22. The fourth-order valence-electron chi connectivity index (χ4n) is 2.34. The average molecular weight is 265 g/mol. The Labute approximate surface area is 110 Å². The maximum absolute atomic E-state index is 12.0. The Morgan fingerprint density at radius 1 is 1.50 bits per heavy atom. The molecule has 2 aliphatic heterocycles. The van der Waals surface area contributed by atoms with Crippen LogP contribution in [0.5, 0.6) is 0 Å². The van der Waals surface area contributed by atoms with E-state index in [1.807, 2.05) is 17.8 Å². The second-order valence-electron chi connectivity index (χ2n) is 4.55. The van der Waals surface area contributed by atoms with Crippen LogP contribution in [0.4, 0.5) is 5.69 Å². The Kier molecular flexibility index (Phi) is 2.95. The third-order valence-corrected chi connectivity index (χ3v) is 4.56. The zero-order chi connectivity index (χ0) is 12.6. The van der Waals surface area contributed by atoms with Gasteiger partial charge in [0, 0.05) is 22.9 Å². The molecule has 1 saturated heterocycles. The summed E-state index contributed by atoms with van der Waals surface area (Å²) >= 11 is 1.84. The maximum atomic E-state index is 12.0. The van der Waals surface area contributed by atoms with Gasteiger partial charge in [0.25, 0.3) is 0 Å². The van der Waals surface area contributed by atoms with Gasteiger partial charge >= 0.3 is 5.97 Å². The smallest absolute Gasteiger partial charge is 0.321 e. The van der Waals surface area contributed by atoms with Crippen LogP contribution in [0.25, 0.3) is 0 Å². The number of thioether (sulfide) groups is 1. The molecule has 0 unspecified atom stereocenters. The van der Waals surface area contributed by atoms with E-state index in [0.29, 0.717) is 13.2 Å². The first-order valence-corrected chi connectivity index (χ1v) is 6.92. The van der Waals surface area contributed by atoms with E-state index in [2.05, 4.69) is 17.4 Å². The van der Waals surface area contributed by atoms with Gasteiger partial charge in [-0.3, -0.25) is 4.79 Å². The summed E-state index contributed by atoms with van der Waals surface area (Å²) in [6, 6.07) is 6.14. The van der Waals surface area contributed by atoms with Crippen molar-refractivity contribution in [1.29, 1.82) is 0 Å². The van der Waals surface area contributed by atoms with Crippen molar-refractivity contribution in [3.8, 4) is 0 Å². The van der Waals surface area contributed by atoms with Gasteiger partial charge in [-0.2, -0.15) is 0 Å². The van der Waals surface area contributed by atoms with Crippen molar-refractivity contribution in [3.05, 3.63) is 23.8 Å². The van der Waals surface area contributed by atoms with Gasteiger partial charge < -0.3 is 14.8 Å². The summed E-state index contributed by atoms with van der Waals surface area (Å²) in [5, 5.41) is 3.37. The number of anilines is 1. The first-order chi connectivity index (χ1) is 8.76. The van der Waals surface area contributed by atoms with E-state index in [-0.39, 0.29) is 5.97 Å². The van der Waals surface area contributed by atoms with Crippen molar-refractivity contribution in [2.24, 2.45) is 0 Å². The largest absolute Gasteiger partial charge is 0.468 e. The van der Waals surface area contributed by atoms with E-state index in [1.165, 1.54) is 12.0 Å². The minimum atomic E-state index is -0.604. The lowest BCUT2D eigenvalue weighted by Gasteiger charge is -2.39. The molecule has 1 aromatic rings. The van der Waals surface area contributed by atoms with Crippen molar-refractivity contribution >= 4 is 23.4 Å². The normalized spacial score (nSPS) is 20.3. The molecule has 4 nitrogen and oxygen atoms in total. The van der Waals surface area contributed by atoms with Crippen LogP contribution in [0.3, 0.4) is 0 Å². The average Bonchev–Trinajstić information content (AvgIpc) is 2.37. The predicted octanol–water partition coefficient (Wildman–Crippen LogP) is 1.65. The molecule has 3 rings (SSSR count). The lowest BCUT2D eigenvalue weighted by atomic mass is 9.78. The first-order valence-electron chi connectivity index (χ1n) is 5.94. The summed E-state index contributed by atoms with van der Waals surface area (Å²) in [5.74, 6) is 0.870. The van der Waals surface area contributed by atoms with Gasteiger partial charge in [-0.25, -0.2) is 0 Å². The van der Waals surface area contributed by atoms with Gasteiger partial charge in [0.15, 0.2) is 0 Å². The monoisotopic (exact) mass is 265 g/mol. The molecular formula is C13H15NO3S. The SMILES string of the molecule is COC(=O)C1(c2ccc3c(c2)NCCS3)COC1. The zero-order valence-electron chi connectivity index (χ0n) is 10.2. The Morgan fingerprint density at radius 2 is 2.33 bits per heavy atom. The number of nitrogens with one attached hydrogen (secondary N) is 1. The molecular weight excluding hydrogens is 250 g/mol. The van der Waals surface area contributed by atoms with Crippen molar-refractivity contribution in [1.82, 2.24) is 0 Å². The lowest BCUT2D eigenvalue weighted by Crippen LogP contribution is -2.53. The van der Waals surface area contributed by atoms with Crippen molar-refractivity contribution in [2.75, 3.05) is 37.9 Å². The highest BCUT2D eigenvalue weighted by Gasteiger charge is 2.49. The molecule has 2 heterocycles. The number of benzene rings is 1. The molecule has 2 aliphatic rings. The van der Waals surface area contributed by atoms with Gasteiger partial charge in [0.05, 0.1) is 20.3 Å². The van der Waals surface area contributed by atoms with E-state index >= 15 is 0 Å². The molecule has 1 N–H and O–H groups in total. The highest BCUT2D eigenvalue weighted by Crippen LogP contribution is 2.39. The Hall–Kier alpha value is -1.20. The van der Waals surface area contributed by atoms with Crippen molar-refractivity contribution < 1.29 is 14.3 Å². The molecule has 18 heavy (non-hydrogen) atoms. The van der Waals surface area contributed by atoms with Crippen LogP contribution >= 0.6 is 11.8 Å². The minimum Gasteiger partial charge on any atom is -0.468 e. The number of rotatable bonds is 2. The van der Waals surface area contributed by atoms with E-state index in [4.69, 9.17) is 9.47 Å². The number of hydrogen-bond acceptors (Lipinski definition) is 5. The van der Waals surface area contributed by atoms with Crippen LogP contribution in [0.2, 0.25) is 0 Å². The molecule has 0 aliphatic carbocycles. The van der Waals surface area contributed by atoms with Crippen LogP contribution in [-0.2, 0) is 19.7 Å². The number of fused-ring (bicyclic) bond motifs is 1. The Balaban J connectivity index is 1.98. The molecule has 96 valence electrons. The number of methoxy groups -OCH3 is 1. The number of esters is 1. The van der Waals surface area contributed by atoms with E-state index in [1.54, 1.807) is 0 Å². The zero-order valence-corrected chi connectivity index (χ0v) is 11.0. The summed E-state index contributed by atoms with van der Waals surface area (Å²) in [6.45, 7) is 1.78. The fraction of sp³-hybridized carbons (Fsp3) is 0.462. The quantitative estimate of drug-likeness (QED) is 0.824. The molecule has 0 bridgehead atoms. The van der Waals surface area contributed by atoms with Crippen LogP contribution < -0.4 is 5.32 Å². The van der Waals surface area contributed by atoms with E-state index in [0.717, 1.165) is 23.5 Å². The molecule has 0 atom stereocenters. The molecule has 0 spiro atoms. The van der Waals surface area contributed by atoms with E-state index < -0.39 is 5.41 Å². The maximum Gasteiger partial charge on any atom is 0.321 e. The Morgan fingerprint density at radius 3 is 3.00 bits per heavy atom. The summed E-state index contributed by atoms with van der Waals surface area (Å²) in [5.41, 5.74) is 1.49. The summed E-state index contributed by atoms with van der Waals surface area (Å²) in [4.78, 5) is 13.2. The van der Waals surface area contributed by atoms with Crippen molar-refractivity contribution in [3.63, 3.8) is 0 Å². The number of carbonyl (C=O) groups excluding carboxylic acids is 1. The second-order valence-corrected chi connectivity index (χ2v) is 5.69.